The summed E-state index contributed by atoms with van der Waals surface area (Å²) in [7, 11) is 0. The number of hydrazine groups is 1. The standard InChI is InChI=1S/C15H22N4O2/c1-4-19(5-2)11-6-7-12(10(3)8-11)16-15(21)13-9-14(20)18-17-13/h6-8,13,17H,4-5,9H2,1-3H3,(H,16,21)(H,18,20). The average Bonchev–Trinajstić information content (AvgIpc) is 2.90. The molecular weight excluding hydrogens is 268 g/mol. The molecule has 2 amide bonds. The van der Waals surface area contributed by atoms with E-state index in [4.69, 9.17) is 0 Å². The lowest BCUT2D eigenvalue weighted by molar-refractivity contribution is -0.121. The third kappa shape index (κ3) is 3.52. The molecule has 1 aliphatic rings. The van der Waals surface area contributed by atoms with Crippen molar-refractivity contribution >= 4 is 23.2 Å². The molecule has 0 aromatic heterocycles. The molecule has 21 heavy (non-hydrogen) atoms. The fraction of sp³-hybridized carbons (Fsp3) is 0.467. The van der Waals surface area contributed by atoms with E-state index in [1.807, 2.05) is 19.1 Å². The summed E-state index contributed by atoms with van der Waals surface area (Å²) in [5.74, 6) is -0.365. The Morgan fingerprint density at radius 1 is 1.38 bits per heavy atom. The van der Waals surface area contributed by atoms with Gasteiger partial charge in [0.2, 0.25) is 11.8 Å². The Labute approximate surface area is 124 Å². The second-order valence-corrected chi connectivity index (χ2v) is 5.11. The Hall–Kier alpha value is -2.08. The molecule has 1 heterocycles. The summed E-state index contributed by atoms with van der Waals surface area (Å²) < 4.78 is 0. The van der Waals surface area contributed by atoms with Gasteiger partial charge in [-0.05, 0) is 44.5 Å². The van der Waals surface area contributed by atoms with E-state index in [0.29, 0.717) is 0 Å². The molecule has 1 saturated heterocycles. The van der Waals surface area contributed by atoms with Crippen LogP contribution in [0.1, 0.15) is 25.8 Å². The molecule has 1 atom stereocenters. The number of carbonyl (C=O) groups is 2. The topological polar surface area (TPSA) is 73.5 Å². The summed E-state index contributed by atoms with van der Waals surface area (Å²) >= 11 is 0. The molecule has 0 saturated carbocycles. The number of anilines is 2. The van der Waals surface area contributed by atoms with Gasteiger partial charge in [-0.2, -0.15) is 0 Å². The van der Waals surface area contributed by atoms with Crippen LogP contribution in [0.15, 0.2) is 18.2 Å². The fourth-order valence-corrected chi connectivity index (χ4v) is 2.41. The summed E-state index contributed by atoms with van der Waals surface area (Å²) in [6.45, 7) is 8.09. The summed E-state index contributed by atoms with van der Waals surface area (Å²) in [6.07, 6.45) is 0.169. The van der Waals surface area contributed by atoms with Crippen LogP contribution in [0.4, 0.5) is 11.4 Å². The highest BCUT2D eigenvalue weighted by Gasteiger charge is 2.27. The van der Waals surface area contributed by atoms with Crippen molar-refractivity contribution in [1.29, 1.82) is 0 Å². The number of rotatable bonds is 5. The van der Waals surface area contributed by atoms with Crippen molar-refractivity contribution in [2.24, 2.45) is 0 Å². The number of benzene rings is 1. The van der Waals surface area contributed by atoms with Crippen LogP contribution in [0.2, 0.25) is 0 Å². The normalized spacial score (nSPS) is 17.5. The lowest BCUT2D eigenvalue weighted by atomic mass is 10.1. The molecule has 1 aromatic rings. The third-order valence-corrected chi connectivity index (χ3v) is 3.69. The van der Waals surface area contributed by atoms with Crippen LogP contribution in [-0.4, -0.2) is 30.9 Å². The minimum absolute atomic E-state index is 0.163. The molecule has 0 aliphatic carbocycles. The largest absolute Gasteiger partial charge is 0.372 e. The van der Waals surface area contributed by atoms with Crippen molar-refractivity contribution in [2.75, 3.05) is 23.3 Å². The minimum Gasteiger partial charge on any atom is -0.372 e. The molecule has 0 radical (unpaired) electrons. The van der Waals surface area contributed by atoms with E-state index in [9.17, 15) is 9.59 Å². The van der Waals surface area contributed by atoms with E-state index in [1.54, 1.807) is 0 Å². The van der Waals surface area contributed by atoms with Gasteiger partial charge >= 0.3 is 0 Å². The summed E-state index contributed by atoms with van der Waals surface area (Å²) in [4.78, 5) is 25.4. The zero-order valence-corrected chi connectivity index (χ0v) is 12.7. The molecule has 3 N–H and O–H groups in total. The van der Waals surface area contributed by atoms with Crippen LogP contribution >= 0.6 is 0 Å². The molecular formula is C15H22N4O2. The smallest absolute Gasteiger partial charge is 0.243 e. The SMILES string of the molecule is CCN(CC)c1ccc(NC(=O)C2CC(=O)NN2)c(C)c1. The Kier molecular flexibility index (Phi) is 4.80. The second kappa shape index (κ2) is 6.58. The maximum atomic E-state index is 12.1. The molecule has 2 rings (SSSR count). The van der Waals surface area contributed by atoms with Gasteiger partial charge in [-0.15, -0.1) is 0 Å². The van der Waals surface area contributed by atoms with Gasteiger partial charge in [0, 0.05) is 24.5 Å². The highest BCUT2D eigenvalue weighted by Crippen LogP contribution is 2.23. The van der Waals surface area contributed by atoms with Gasteiger partial charge < -0.3 is 10.2 Å². The summed E-state index contributed by atoms with van der Waals surface area (Å²) in [5.41, 5.74) is 8.03. The molecule has 1 aromatic carbocycles. The van der Waals surface area contributed by atoms with Crippen molar-refractivity contribution in [3.63, 3.8) is 0 Å². The number of hydrogen-bond acceptors (Lipinski definition) is 4. The van der Waals surface area contributed by atoms with Crippen LogP contribution in [0, 0.1) is 6.92 Å². The highest BCUT2D eigenvalue weighted by molar-refractivity contribution is 5.99. The molecule has 6 nitrogen and oxygen atoms in total. The van der Waals surface area contributed by atoms with Crippen molar-refractivity contribution in [3.05, 3.63) is 23.8 Å². The predicted octanol–water partition coefficient (Wildman–Crippen LogP) is 1.17. The van der Waals surface area contributed by atoms with Crippen LogP contribution in [0.25, 0.3) is 0 Å². The van der Waals surface area contributed by atoms with Gasteiger partial charge in [-0.25, -0.2) is 5.43 Å². The Bertz CT molecular complexity index is 540. The number of nitrogens with zero attached hydrogens (tertiary/aromatic N) is 1. The van der Waals surface area contributed by atoms with Crippen molar-refractivity contribution in [1.82, 2.24) is 10.9 Å². The lowest BCUT2D eigenvalue weighted by Crippen LogP contribution is -2.39. The van der Waals surface area contributed by atoms with E-state index in [2.05, 4.69) is 41.0 Å². The zero-order chi connectivity index (χ0) is 15.4. The molecule has 0 spiro atoms. The van der Waals surface area contributed by atoms with E-state index in [-0.39, 0.29) is 18.2 Å². The molecule has 0 bridgehead atoms. The number of aryl methyl sites for hydroxylation is 1. The van der Waals surface area contributed by atoms with Crippen LogP contribution in [0.5, 0.6) is 0 Å². The quantitative estimate of drug-likeness (QED) is 0.761. The van der Waals surface area contributed by atoms with Gasteiger partial charge in [-0.1, -0.05) is 0 Å². The fourth-order valence-electron chi connectivity index (χ4n) is 2.41. The number of carbonyl (C=O) groups excluding carboxylic acids is 2. The van der Waals surface area contributed by atoms with Crippen LogP contribution in [-0.2, 0) is 9.59 Å². The monoisotopic (exact) mass is 290 g/mol. The number of nitrogens with one attached hydrogen (secondary N) is 3. The van der Waals surface area contributed by atoms with Gasteiger partial charge in [0.25, 0.3) is 0 Å². The van der Waals surface area contributed by atoms with Gasteiger partial charge in [-0.3, -0.25) is 15.0 Å². The summed E-state index contributed by atoms with van der Waals surface area (Å²) in [5, 5.41) is 2.86. The zero-order valence-electron chi connectivity index (χ0n) is 12.7. The van der Waals surface area contributed by atoms with E-state index < -0.39 is 6.04 Å². The highest BCUT2D eigenvalue weighted by atomic mass is 16.2. The maximum absolute atomic E-state index is 12.1. The van der Waals surface area contributed by atoms with E-state index >= 15 is 0 Å². The Morgan fingerprint density at radius 3 is 2.62 bits per heavy atom. The maximum Gasteiger partial charge on any atom is 0.243 e. The van der Waals surface area contributed by atoms with E-state index in [0.717, 1.165) is 30.0 Å². The summed E-state index contributed by atoms with van der Waals surface area (Å²) in [6, 6.07) is 5.46. The van der Waals surface area contributed by atoms with Crippen LogP contribution in [0.3, 0.4) is 0 Å². The minimum atomic E-state index is -0.514. The molecule has 1 fully saturated rings. The molecule has 6 heteroatoms. The van der Waals surface area contributed by atoms with Crippen LogP contribution < -0.4 is 21.1 Å². The number of amides is 2. The number of hydrogen-bond donors (Lipinski definition) is 3. The lowest BCUT2D eigenvalue weighted by Gasteiger charge is -2.22. The predicted molar refractivity (Wildman–Crippen MR) is 83.1 cm³/mol. The van der Waals surface area contributed by atoms with Gasteiger partial charge in [0.1, 0.15) is 6.04 Å². The average molecular weight is 290 g/mol. The Morgan fingerprint density at radius 2 is 2.10 bits per heavy atom. The van der Waals surface area contributed by atoms with Gasteiger partial charge in [0.05, 0.1) is 6.42 Å². The first kappa shape index (κ1) is 15.3. The second-order valence-electron chi connectivity index (χ2n) is 5.11. The van der Waals surface area contributed by atoms with Crippen molar-refractivity contribution < 1.29 is 9.59 Å². The van der Waals surface area contributed by atoms with E-state index in [1.165, 1.54) is 0 Å². The van der Waals surface area contributed by atoms with Gasteiger partial charge in [0.15, 0.2) is 0 Å². The first-order valence-electron chi connectivity index (χ1n) is 7.26. The molecule has 1 aliphatic heterocycles. The molecule has 1 unspecified atom stereocenters. The van der Waals surface area contributed by atoms with Crippen molar-refractivity contribution in [3.8, 4) is 0 Å². The first-order chi connectivity index (χ1) is 10.0. The third-order valence-electron chi connectivity index (χ3n) is 3.69. The Balaban J connectivity index is 2.07. The van der Waals surface area contributed by atoms with Crippen molar-refractivity contribution in [2.45, 2.75) is 33.2 Å². The molecule has 114 valence electrons. The first-order valence-corrected chi connectivity index (χ1v) is 7.26.